The second kappa shape index (κ2) is 5.43. The molecule has 1 aromatic carbocycles. The molecule has 0 saturated carbocycles. The van der Waals surface area contributed by atoms with Gasteiger partial charge < -0.3 is 9.88 Å². The molecular formula is C14H17BrN4. The summed E-state index contributed by atoms with van der Waals surface area (Å²) in [6.07, 6.45) is 4.07. The molecule has 1 unspecified atom stereocenters. The van der Waals surface area contributed by atoms with E-state index in [-0.39, 0.29) is 0 Å². The summed E-state index contributed by atoms with van der Waals surface area (Å²) < 4.78 is 3.30. The normalized spacial score (nSPS) is 17.7. The van der Waals surface area contributed by atoms with E-state index in [1.807, 2.05) is 0 Å². The zero-order valence-electron chi connectivity index (χ0n) is 10.9. The highest BCUT2D eigenvalue weighted by Gasteiger charge is 2.23. The van der Waals surface area contributed by atoms with Crippen LogP contribution in [0, 0.1) is 0 Å². The Morgan fingerprint density at radius 3 is 3.21 bits per heavy atom. The molecule has 100 valence electrons. The van der Waals surface area contributed by atoms with Crippen LogP contribution in [0.2, 0.25) is 0 Å². The Morgan fingerprint density at radius 1 is 1.47 bits per heavy atom. The number of aromatic nitrogens is 3. The van der Waals surface area contributed by atoms with Crippen LogP contribution >= 0.6 is 15.9 Å². The van der Waals surface area contributed by atoms with E-state index in [2.05, 4.69) is 61.1 Å². The van der Waals surface area contributed by atoms with E-state index in [1.165, 1.54) is 15.6 Å². The molecule has 1 heterocycles. The van der Waals surface area contributed by atoms with Crippen molar-refractivity contribution in [1.29, 1.82) is 0 Å². The zero-order valence-corrected chi connectivity index (χ0v) is 12.5. The van der Waals surface area contributed by atoms with Crippen molar-refractivity contribution in [3.05, 3.63) is 46.0 Å². The lowest BCUT2D eigenvalue weighted by atomic mass is 10.1. The highest BCUT2D eigenvalue weighted by molar-refractivity contribution is 9.10. The predicted octanol–water partition coefficient (Wildman–Crippen LogP) is 2.84. The van der Waals surface area contributed by atoms with Crippen LogP contribution in [-0.4, -0.2) is 14.8 Å². The molecule has 1 N–H and O–H groups in total. The number of hydrogen-bond donors (Lipinski definition) is 1. The van der Waals surface area contributed by atoms with Crippen LogP contribution < -0.4 is 5.32 Å². The number of hydrogen-bond acceptors (Lipinski definition) is 3. The van der Waals surface area contributed by atoms with Crippen molar-refractivity contribution in [3.8, 4) is 0 Å². The van der Waals surface area contributed by atoms with E-state index in [1.54, 1.807) is 6.33 Å². The molecule has 19 heavy (non-hydrogen) atoms. The Morgan fingerprint density at radius 2 is 2.37 bits per heavy atom. The first kappa shape index (κ1) is 12.8. The third-order valence-electron chi connectivity index (χ3n) is 3.76. The fourth-order valence-corrected chi connectivity index (χ4v) is 3.30. The van der Waals surface area contributed by atoms with Gasteiger partial charge >= 0.3 is 0 Å². The maximum absolute atomic E-state index is 4.16. The molecule has 4 nitrogen and oxygen atoms in total. The molecule has 1 aromatic heterocycles. The average molecular weight is 321 g/mol. The van der Waals surface area contributed by atoms with Gasteiger partial charge in [0.2, 0.25) is 0 Å². The molecule has 0 bridgehead atoms. The molecule has 0 spiro atoms. The lowest BCUT2D eigenvalue weighted by molar-refractivity contribution is 0.506. The Balaban J connectivity index is 1.72. The second-order valence-corrected chi connectivity index (χ2v) is 5.67. The predicted molar refractivity (Wildman–Crippen MR) is 77.7 cm³/mol. The fraction of sp³-hybridized carbons (Fsp3) is 0.429. The van der Waals surface area contributed by atoms with Crippen molar-refractivity contribution >= 4 is 15.9 Å². The van der Waals surface area contributed by atoms with Crippen LogP contribution in [-0.2, 0) is 19.5 Å². The summed E-state index contributed by atoms with van der Waals surface area (Å²) in [5.74, 6) is 1.01. The van der Waals surface area contributed by atoms with E-state index < -0.39 is 0 Å². The number of fused-ring (bicyclic) bond motifs is 1. The van der Waals surface area contributed by atoms with Crippen LogP contribution in [0.25, 0.3) is 0 Å². The van der Waals surface area contributed by atoms with Crippen LogP contribution in [0.3, 0.4) is 0 Å². The van der Waals surface area contributed by atoms with Crippen LogP contribution in [0.5, 0.6) is 0 Å². The Kier molecular flexibility index (Phi) is 3.66. The van der Waals surface area contributed by atoms with Gasteiger partial charge in [-0.2, -0.15) is 0 Å². The summed E-state index contributed by atoms with van der Waals surface area (Å²) >= 11 is 3.63. The third kappa shape index (κ3) is 2.44. The molecule has 0 fully saturated rings. The first-order valence-electron chi connectivity index (χ1n) is 6.67. The quantitative estimate of drug-likeness (QED) is 0.942. The summed E-state index contributed by atoms with van der Waals surface area (Å²) in [5.41, 5.74) is 2.86. The van der Waals surface area contributed by atoms with Crippen LogP contribution in [0.4, 0.5) is 0 Å². The van der Waals surface area contributed by atoms with Gasteiger partial charge in [-0.1, -0.05) is 28.1 Å². The first-order chi connectivity index (χ1) is 9.29. The summed E-state index contributed by atoms with van der Waals surface area (Å²) in [4.78, 5) is 0. The average Bonchev–Trinajstić information content (AvgIpc) is 3.03. The molecule has 1 atom stereocenters. The van der Waals surface area contributed by atoms with Crippen molar-refractivity contribution < 1.29 is 0 Å². The number of aryl methyl sites for hydroxylation is 1. The lowest BCUT2D eigenvalue weighted by Crippen LogP contribution is -2.21. The minimum atomic E-state index is 0.425. The maximum Gasteiger partial charge on any atom is 0.146 e. The van der Waals surface area contributed by atoms with Gasteiger partial charge in [0.05, 0.1) is 6.54 Å². The van der Waals surface area contributed by atoms with Gasteiger partial charge in [0, 0.05) is 17.1 Å². The van der Waals surface area contributed by atoms with Gasteiger partial charge in [-0.05, 0) is 37.0 Å². The van der Waals surface area contributed by atoms with Crippen molar-refractivity contribution in [2.24, 2.45) is 0 Å². The fourth-order valence-electron chi connectivity index (χ4n) is 2.72. The molecule has 0 saturated heterocycles. The number of halogens is 1. The highest BCUT2D eigenvalue weighted by atomic mass is 79.9. The molecule has 3 rings (SSSR count). The van der Waals surface area contributed by atoms with Gasteiger partial charge in [0.1, 0.15) is 12.2 Å². The van der Waals surface area contributed by atoms with Crippen molar-refractivity contribution in [3.63, 3.8) is 0 Å². The largest absolute Gasteiger partial charge is 0.317 e. The summed E-state index contributed by atoms with van der Waals surface area (Å²) in [5, 5.41) is 11.7. The first-order valence-corrected chi connectivity index (χ1v) is 7.46. The van der Waals surface area contributed by atoms with E-state index in [9.17, 15) is 0 Å². The van der Waals surface area contributed by atoms with E-state index in [0.29, 0.717) is 6.04 Å². The topological polar surface area (TPSA) is 42.7 Å². The molecule has 1 aliphatic rings. The zero-order chi connectivity index (χ0) is 13.2. The minimum absolute atomic E-state index is 0.425. The molecule has 0 radical (unpaired) electrons. The molecule has 0 aliphatic heterocycles. The van der Waals surface area contributed by atoms with Crippen molar-refractivity contribution in [2.45, 2.75) is 38.9 Å². The molecular weight excluding hydrogens is 304 g/mol. The number of nitrogens with zero attached hydrogens (tertiary/aromatic N) is 3. The SMILES string of the molecule is CCn1cnnc1CNC1CCc2c(Br)cccc21. The molecule has 0 amide bonds. The number of benzene rings is 1. The van der Waals surface area contributed by atoms with Gasteiger partial charge in [-0.25, -0.2) is 0 Å². The minimum Gasteiger partial charge on any atom is -0.317 e. The summed E-state index contributed by atoms with van der Waals surface area (Å²) in [7, 11) is 0. The van der Waals surface area contributed by atoms with Crippen LogP contribution in [0.1, 0.15) is 36.3 Å². The number of nitrogens with one attached hydrogen (secondary N) is 1. The smallest absolute Gasteiger partial charge is 0.146 e. The number of rotatable bonds is 4. The summed E-state index contributed by atoms with van der Waals surface area (Å²) in [6.45, 7) is 3.79. The van der Waals surface area contributed by atoms with Gasteiger partial charge in [-0.15, -0.1) is 10.2 Å². The van der Waals surface area contributed by atoms with Gasteiger partial charge in [0.15, 0.2) is 0 Å². The Labute approximate surface area is 121 Å². The van der Waals surface area contributed by atoms with Gasteiger partial charge in [-0.3, -0.25) is 0 Å². The Bertz CT molecular complexity index is 579. The van der Waals surface area contributed by atoms with Gasteiger partial charge in [0.25, 0.3) is 0 Å². The molecule has 2 aromatic rings. The van der Waals surface area contributed by atoms with E-state index >= 15 is 0 Å². The standard InChI is InChI=1S/C14H17BrN4/c1-2-19-9-17-18-14(19)8-16-13-7-6-10-11(13)4-3-5-12(10)15/h3-5,9,13,16H,2,6-8H2,1H3. The summed E-state index contributed by atoms with van der Waals surface area (Å²) in [6, 6.07) is 6.87. The van der Waals surface area contributed by atoms with E-state index in [0.717, 1.165) is 31.8 Å². The maximum atomic E-state index is 4.16. The molecule has 1 aliphatic carbocycles. The lowest BCUT2D eigenvalue weighted by Gasteiger charge is -2.14. The highest BCUT2D eigenvalue weighted by Crippen LogP contribution is 2.35. The van der Waals surface area contributed by atoms with Crippen LogP contribution in [0.15, 0.2) is 29.0 Å². The van der Waals surface area contributed by atoms with Crippen molar-refractivity contribution in [1.82, 2.24) is 20.1 Å². The third-order valence-corrected chi connectivity index (χ3v) is 4.50. The Hall–Kier alpha value is -1.20. The van der Waals surface area contributed by atoms with E-state index in [4.69, 9.17) is 0 Å². The second-order valence-electron chi connectivity index (χ2n) is 4.81. The van der Waals surface area contributed by atoms with Crippen molar-refractivity contribution in [2.75, 3.05) is 0 Å². The monoisotopic (exact) mass is 320 g/mol. The molecule has 5 heteroatoms.